The van der Waals surface area contributed by atoms with Crippen molar-refractivity contribution in [2.45, 2.75) is 64.6 Å². The number of benzene rings is 3. The number of aromatic hydroxyl groups is 1. The molecule has 1 heterocycles. The highest BCUT2D eigenvalue weighted by Crippen LogP contribution is 2.48. The quantitative estimate of drug-likeness (QED) is 0.370. The zero-order valence-corrected chi connectivity index (χ0v) is 21.4. The lowest BCUT2D eigenvalue weighted by Crippen LogP contribution is -2.31. The van der Waals surface area contributed by atoms with E-state index in [9.17, 15) is 5.11 Å². The summed E-state index contributed by atoms with van der Waals surface area (Å²) in [7, 11) is 0.619. The van der Waals surface area contributed by atoms with Crippen molar-refractivity contribution in [3.05, 3.63) is 94.5 Å². The standard InChI is InChI=1S/C30H38NOP/c1-4-30(3,27-18-12-16-25(28(27)32)21-24-14-7-5-8-15-24)33-29-23(2)13-11-17-26(29)22-31-19-9-6-10-20-31/h5,7-8,11-18,32-33H,4,6,9-10,19-22H2,1-3H3. The molecule has 1 aliphatic heterocycles. The Morgan fingerprint density at radius 1 is 0.879 bits per heavy atom. The summed E-state index contributed by atoms with van der Waals surface area (Å²) < 4.78 is 0. The summed E-state index contributed by atoms with van der Waals surface area (Å²) in [6.45, 7) is 10.3. The Hall–Kier alpha value is -2.15. The minimum absolute atomic E-state index is 0.0977. The minimum atomic E-state index is -0.0977. The van der Waals surface area contributed by atoms with Gasteiger partial charge in [0.1, 0.15) is 5.75 Å². The maximum Gasteiger partial charge on any atom is 0.123 e. The molecule has 2 nitrogen and oxygen atoms in total. The molecule has 0 spiro atoms. The average molecular weight is 460 g/mol. The number of piperidine rings is 1. The summed E-state index contributed by atoms with van der Waals surface area (Å²) in [6.07, 6.45) is 5.75. The number of phenols is 1. The lowest BCUT2D eigenvalue weighted by molar-refractivity contribution is 0.221. The monoisotopic (exact) mass is 459 g/mol. The molecule has 0 amide bonds. The Morgan fingerprint density at radius 2 is 1.58 bits per heavy atom. The molecule has 33 heavy (non-hydrogen) atoms. The van der Waals surface area contributed by atoms with E-state index in [-0.39, 0.29) is 5.16 Å². The van der Waals surface area contributed by atoms with E-state index in [1.165, 1.54) is 54.3 Å². The van der Waals surface area contributed by atoms with Gasteiger partial charge in [-0.2, -0.15) is 0 Å². The van der Waals surface area contributed by atoms with Gasteiger partial charge < -0.3 is 5.11 Å². The molecule has 1 N–H and O–H groups in total. The molecule has 1 fully saturated rings. The third-order valence-corrected chi connectivity index (χ3v) is 9.40. The van der Waals surface area contributed by atoms with E-state index in [1.807, 2.05) is 6.07 Å². The van der Waals surface area contributed by atoms with Crippen molar-refractivity contribution in [3.63, 3.8) is 0 Å². The molecule has 1 saturated heterocycles. The summed E-state index contributed by atoms with van der Waals surface area (Å²) >= 11 is 0. The third kappa shape index (κ3) is 5.68. The van der Waals surface area contributed by atoms with Gasteiger partial charge in [0, 0.05) is 23.7 Å². The van der Waals surface area contributed by atoms with Crippen LogP contribution in [0.5, 0.6) is 5.75 Å². The largest absolute Gasteiger partial charge is 0.507 e. The van der Waals surface area contributed by atoms with Crippen LogP contribution in [0.4, 0.5) is 0 Å². The Balaban J connectivity index is 1.64. The molecule has 3 aromatic carbocycles. The van der Waals surface area contributed by atoms with Crippen LogP contribution in [0.2, 0.25) is 0 Å². The average Bonchev–Trinajstić information content (AvgIpc) is 2.84. The first-order chi connectivity index (χ1) is 16.0. The first kappa shape index (κ1) is 24.0. The summed E-state index contributed by atoms with van der Waals surface area (Å²) in [4.78, 5) is 2.62. The molecular weight excluding hydrogens is 421 g/mol. The van der Waals surface area contributed by atoms with Crippen molar-refractivity contribution >= 4 is 13.9 Å². The predicted octanol–water partition coefficient (Wildman–Crippen LogP) is 6.91. The highest BCUT2D eigenvalue weighted by Gasteiger charge is 2.30. The molecule has 0 saturated carbocycles. The van der Waals surface area contributed by atoms with Crippen LogP contribution in [0, 0.1) is 6.92 Å². The van der Waals surface area contributed by atoms with Gasteiger partial charge in [-0.15, -0.1) is 0 Å². The molecular formula is C30H38NOP. The van der Waals surface area contributed by atoms with Crippen molar-refractivity contribution in [3.8, 4) is 5.75 Å². The molecule has 0 aliphatic carbocycles. The lowest BCUT2D eigenvalue weighted by Gasteiger charge is -2.33. The topological polar surface area (TPSA) is 23.5 Å². The Bertz CT molecular complexity index is 1060. The van der Waals surface area contributed by atoms with Gasteiger partial charge in [0.05, 0.1) is 0 Å². The summed E-state index contributed by atoms with van der Waals surface area (Å²) in [5.74, 6) is 0.476. The van der Waals surface area contributed by atoms with E-state index in [0.29, 0.717) is 14.3 Å². The normalized spacial score (nSPS) is 16.8. The highest BCUT2D eigenvalue weighted by molar-refractivity contribution is 7.48. The van der Waals surface area contributed by atoms with Gasteiger partial charge in [0.25, 0.3) is 0 Å². The van der Waals surface area contributed by atoms with Gasteiger partial charge in [0.15, 0.2) is 0 Å². The smallest absolute Gasteiger partial charge is 0.123 e. The second-order valence-electron chi connectivity index (χ2n) is 9.73. The van der Waals surface area contributed by atoms with Crippen LogP contribution in [0.25, 0.3) is 0 Å². The predicted molar refractivity (Wildman–Crippen MR) is 143 cm³/mol. The van der Waals surface area contributed by atoms with Crippen LogP contribution in [-0.2, 0) is 18.1 Å². The van der Waals surface area contributed by atoms with Gasteiger partial charge in [-0.25, -0.2) is 0 Å². The molecule has 1 aliphatic rings. The first-order valence-electron chi connectivity index (χ1n) is 12.4. The van der Waals surface area contributed by atoms with E-state index in [4.69, 9.17) is 0 Å². The molecule has 3 heteroatoms. The van der Waals surface area contributed by atoms with E-state index >= 15 is 0 Å². The zero-order valence-electron chi connectivity index (χ0n) is 20.4. The molecule has 174 valence electrons. The van der Waals surface area contributed by atoms with Gasteiger partial charge in [-0.05, 0) is 66.8 Å². The van der Waals surface area contributed by atoms with Crippen LogP contribution < -0.4 is 5.30 Å². The molecule has 0 bridgehead atoms. The summed E-state index contributed by atoms with van der Waals surface area (Å²) in [5.41, 5.74) is 6.18. The van der Waals surface area contributed by atoms with Crippen LogP contribution in [-0.4, -0.2) is 23.1 Å². The van der Waals surface area contributed by atoms with Crippen LogP contribution in [0.1, 0.15) is 67.3 Å². The fraction of sp³-hybridized carbons (Fsp3) is 0.400. The molecule has 4 rings (SSSR count). The zero-order chi connectivity index (χ0) is 23.3. The van der Waals surface area contributed by atoms with Crippen molar-refractivity contribution in [2.75, 3.05) is 13.1 Å². The van der Waals surface area contributed by atoms with Gasteiger partial charge >= 0.3 is 0 Å². The maximum absolute atomic E-state index is 11.4. The van der Waals surface area contributed by atoms with E-state index in [2.05, 4.69) is 86.3 Å². The first-order valence-corrected chi connectivity index (χ1v) is 13.4. The van der Waals surface area contributed by atoms with E-state index < -0.39 is 0 Å². The molecule has 3 aromatic rings. The SMILES string of the molecule is CCC(C)(Pc1c(C)cccc1CN1CCCCC1)c1cccc(Cc2ccccc2)c1O. The number of para-hydroxylation sites is 1. The molecule has 2 atom stereocenters. The van der Waals surface area contributed by atoms with E-state index in [0.717, 1.165) is 30.5 Å². The molecule has 0 radical (unpaired) electrons. The fourth-order valence-electron chi connectivity index (χ4n) is 5.01. The third-order valence-electron chi connectivity index (χ3n) is 7.26. The Kier molecular flexibility index (Phi) is 7.89. The van der Waals surface area contributed by atoms with Gasteiger partial charge in [0.2, 0.25) is 0 Å². The molecule has 0 aromatic heterocycles. The van der Waals surface area contributed by atoms with Crippen molar-refractivity contribution < 1.29 is 5.11 Å². The van der Waals surface area contributed by atoms with Crippen LogP contribution >= 0.6 is 8.58 Å². The van der Waals surface area contributed by atoms with Crippen molar-refractivity contribution in [2.24, 2.45) is 0 Å². The fourth-order valence-corrected chi connectivity index (χ4v) is 6.68. The summed E-state index contributed by atoms with van der Waals surface area (Å²) in [5, 5.41) is 12.8. The number of phenolic OH excluding ortho intramolecular Hbond substituents is 1. The number of nitrogens with zero attached hydrogens (tertiary/aromatic N) is 1. The summed E-state index contributed by atoms with van der Waals surface area (Å²) in [6, 6.07) is 23.6. The van der Waals surface area contributed by atoms with Gasteiger partial charge in [-0.1, -0.05) is 95.6 Å². The Labute approximate surface area is 201 Å². The highest BCUT2D eigenvalue weighted by atomic mass is 31.1. The maximum atomic E-state index is 11.4. The lowest BCUT2D eigenvalue weighted by atomic mass is 9.92. The van der Waals surface area contributed by atoms with Crippen LogP contribution in [0.3, 0.4) is 0 Å². The molecule has 2 unspecified atom stereocenters. The second kappa shape index (κ2) is 10.9. The van der Waals surface area contributed by atoms with Crippen LogP contribution in [0.15, 0.2) is 66.7 Å². The number of likely N-dealkylation sites (tertiary alicyclic amines) is 1. The number of hydrogen-bond donors (Lipinski definition) is 1. The minimum Gasteiger partial charge on any atom is -0.507 e. The number of aryl methyl sites for hydroxylation is 1. The number of hydrogen-bond acceptors (Lipinski definition) is 2. The second-order valence-corrected chi connectivity index (χ2v) is 11.6. The van der Waals surface area contributed by atoms with Gasteiger partial charge in [-0.3, -0.25) is 4.90 Å². The number of rotatable bonds is 8. The van der Waals surface area contributed by atoms with Crippen molar-refractivity contribution in [1.82, 2.24) is 4.90 Å². The van der Waals surface area contributed by atoms with E-state index in [1.54, 1.807) is 0 Å². The van der Waals surface area contributed by atoms with Crippen molar-refractivity contribution in [1.29, 1.82) is 0 Å². The Morgan fingerprint density at radius 3 is 2.30 bits per heavy atom.